The van der Waals surface area contributed by atoms with E-state index in [0.717, 1.165) is 11.3 Å². The van der Waals surface area contributed by atoms with Crippen molar-refractivity contribution in [3.63, 3.8) is 0 Å². The van der Waals surface area contributed by atoms with Crippen molar-refractivity contribution >= 4 is 5.91 Å². The van der Waals surface area contributed by atoms with Gasteiger partial charge in [-0.25, -0.2) is 4.98 Å². The Morgan fingerprint density at radius 3 is 2.70 bits per heavy atom. The maximum Gasteiger partial charge on any atom is 0.254 e. The molecule has 0 aliphatic carbocycles. The van der Waals surface area contributed by atoms with Crippen molar-refractivity contribution in [3.8, 4) is 17.1 Å². The normalized spacial score (nSPS) is 10.7. The number of nitrogens with zero attached hydrogens (tertiary/aromatic N) is 6. The van der Waals surface area contributed by atoms with E-state index in [1.807, 2.05) is 29.0 Å². The summed E-state index contributed by atoms with van der Waals surface area (Å²) in [5, 5.41) is 3.94. The molecule has 3 aromatic heterocycles. The minimum atomic E-state index is -0.131. The zero-order valence-corrected chi connectivity index (χ0v) is 14.6. The third-order valence-corrected chi connectivity index (χ3v) is 4.02. The van der Waals surface area contributed by atoms with E-state index < -0.39 is 0 Å². The fourth-order valence-corrected chi connectivity index (χ4v) is 2.61. The van der Waals surface area contributed by atoms with Crippen LogP contribution < -0.4 is 0 Å². The van der Waals surface area contributed by atoms with E-state index in [9.17, 15) is 4.79 Å². The summed E-state index contributed by atoms with van der Waals surface area (Å²) >= 11 is 0. The van der Waals surface area contributed by atoms with Gasteiger partial charge in [0, 0.05) is 48.6 Å². The molecule has 0 unspecified atom stereocenters. The van der Waals surface area contributed by atoms with Gasteiger partial charge in [0.25, 0.3) is 5.91 Å². The number of imidazole rings is 1. The SMILES string of the molecule is CN(Cc1nc(-c2cccnc2)no1)C(=O)c1ccc(-n2ccnc2)cc1. The molecule has 1 amide bonds. The number of hydrogen-bond donors (Lipinski definition) is 0. The Morgan fingerprint density at radius 1 is 1.15 bits per heavy atom. The fourth-order valence-electron chi connectivity index (χ4n) is 2.61. The molecule has 0 bridgehead atoms. The number of carbonyl (C=O) groups is 1. The topological polar surface area (TPSA) is 89.9 Å². The van der Waals surface area contributed by atoms with Gasteiger partial charge in [-0.15, -0.1) is 0 Å². The lowest BCUT2D eigenvalue weighted by atomic mass is 10.2. The molecule has 0 atom stereocenters. The summed E-state index contributed by atoms with van der Waals surface area (Å²) in [5.41, 5.74) is 2.27. The Balaban J connectivity index is 1.44. The molecule has 0 aliphatic rings. The average Bonchev–Trinajstić information content (AvgIpc) is 3.40. The molecule has 0 aliphatic heterocycles. The predicted molar refractivity (Wildman–Crippen MR) is 96.9 cm³/mol. The molecule has 4 aromatic rings. The molecule has 0 spiro atoms. The minimum Gasteiger partial charge on any atom is -0.337 e. The van der Waals surface area contributed by atoms with E-state index in [0.29, 0.717) is 17.3 Å². The van der Waals surface area contributed by atoms with E-state index in [2.05, 4.69) is 20.1 Å². The number of benzene rings is 1. The molecule has 0 fully saturated rings. The summed E-state index contributed by atoms with van der Waals surface area (Å²) in [4.78, 5) is 26.5. The van der Waals surface area contributed by atoms with Crippen molar-refractivity contribution in [1.29, 1.82) is 0 Å². The Bertz CT molecular complexity index is 1030. The maximum absolute atomic E-state index is 12.6. The number of pyridine rings is 1. The summed E-state index contributed by atoms with van der Waals surface area (Å²) in [6.07, 6.45) is 8.59. The number of carbonyl (C=O) groups excluding carboxylic acids is 1. The van der Waals surface area contributed by atoms with Crippen LogP contribution in [0.25, 0.3) is 17.1 Å². The van der Waals surface area contributed by atoms with Gasteiger partial charge in [-0.3, -0.25) is 9.78 Å². The van der Waals surface area contributed by atoms with Crippen LogP contribution in [0, 0.1) is 0 Å². The quantitative estimate of drug-likeness (QED) is 0.543. The van der Waals surface area contributed by atoms with Gasteiger partial charge in [0.2, 0.25) is 11.7 Å². The van der Waals surface area contributed by atoms with Gasteiger partial charge in [0.05, 0.1) is 12.9 Å². The molecule has 4 rings (SSSR count). The van der Waals surface area contributed by atoms with Crippen LogP contribution in [0.1, 0.15) is 16.2 Å². The molecule has 0 saturated heterocycles. The van der Waals surface area contributed by atoms with Gasteiger partial charge >= 0.3 is 0 Å². The highest BCUT2D eigenvalue weighted by molar-refractivity contribution is 5.94. The van der Waals surface area contributed by atoms with Crippen LogP contribution in [-0.2, 0) is 6.54 Å². The van der Waals surface area contributed by atoms with Gasteiger partial charge in [0.15, 0.2) is 0 Å². The molecular formula is C19H16N6O2. The van der Waals surface area contributed by atoms with Gasteiger partial charge in [-0.2, -0.15) is 4.98 Å². The second-order valence-corrected chi connectivity index (χ2v) is 5.93. The Morgan fingerprint density at radius 2 is 2.00 bits per heavy atom. The molecule has 0 saturated carbocycles. The summed E-state index contributed by atoms with van der Waals surface area (Å²) in [5.74, 6) is 0.677. The van der Waals surface area contributed by atoms with Crippen molar-refractivity contribution in [2.45, 2.75) is 6.54 Å². The first-order chi connectivity index (χ1) is 13.2. The van der Waals surface area contributed by atoms with Crippen LogP contribution in [-0.4, -0.2) is 42.5 Å². The van der Waals surface area contributed by atoms with Crippen LogP contribution in [0.15, 0.2) is 72.0 Å². The Kier molecular flexibility index (Phi) is 4.44. The first kappa shape index (κ1) is 16.6. The van der Waals surface area contributed by atoms with Gasteiger partial charge in [-0.05, 0) is 36.4 Å². The van der Waals surface area contributed by atoms with Crippen molar-refractivity contribution in [2.24, 2.45) is 0 Å². The second-order valence-electron chi connectivity index (χ2n) is 5.93. The van der Waals surface area contributed by atoms with E-state index in [-0.39, 0.29) is 12.5 Å². The van der Waals surface area contributed by atoms with Crippen molar-refractivity contribution in [3.05, 3.63) is 79.0 Å². The Hall–Kier alpha value is -3.81. The molecule has 3 heterocycles. The number of hydrogen-bond acceptors (Lipinski definition) is 6. The number of amides is 1. The molecular weight excluding hydrogens is 344 g/mol. The first-order valence-corrected chi connectivity index (χ1v) is 8.27. The minimum absolute atomic E-state index is 0.131. The Labute approximate surface area is 155 Å². The summed E-state index contributed by atoms with van der Waals surface area (Å²) in [6.45, 7) is 0.218. The third kappa shape index (κ3) is 3.59. The third-order valence-electron chi connectivity index (χ3n) is 4.02. The summed E-state index contributed by atoms with van der Waals surface area (Å²) in [7, 11) is 1.69. The standard InChI is InChI=1S/C19H16N6O2/c1-24(12-17-22-18(23-27-17)15-3-2-8-20-11-15)19(26)14-4-6-16(7-5-14)25-10-9-21-13-25/h2-11,13H,12H2,1H3. The van der Waals surface area contributed by atoms with E-state index in [1.54, 1.807) is 50.2 Å². The molecule has 27 heavy (non-hydrogen) atoms. The lowest BCUT2D eigenvalue weighted by Crippen LogP contribution is -2.26. The maximum atomic E-state index is 12.6. The second kappa shape index (κ2) is 7.20. The van der Waals surface area contributed by atoms with Crippen LogP contribution in [0.2, 0.25) is 0 Å². The molecule has 1 aromatic carbocycles. The largest absolute Gasteiger partial charge is 0.337 e. The molecule has 8 heteroatoms. The highest BCUT2D eigenvalue weighted by Gasteiger charge is 2.16. The molecule has 8 nitrogen and oxygen atoms in total. The smallest absolute Gasteiger partial charge is 0.254 e. The van der Waals surface area contributed by atoms with Crippen molar-refractivity contribution < 1.29 is 9.32 Å². The number of aromatic nitrogens is 5. The lowest BCUT2D eigenvalue weighted by Gasteiger charge is -2.15. The van der Waals surface area contributed by atoms with Crippen LogP contribution in [0.5, 0.6) is 0 Å². The van der Waals surface area contributed by atoms with Crippen LogP contribution >= 0.6 is 0 Å². The fraction of sp³-hybridized carbons (Fsp3) is 0.105. The monoisotopic (exact) mass is 360 g/mol. The van der Waals surface area contributed by atoms with Gasteiger partial charge < -0.3 is 14.0 Å². The van der Waals surface area contributed by atoms with Crippen molar-refractivity contribution in [1.82, 2.24) is 29.6 Å². The molecule has 0 radical (unpaired) electrons. The molecule has 134 valence electrons. The highest BCUT2D eigenvalue weighted by Crippen LogP contribution is 2.16. The zero-order valence-electron chi connectivity index (χ0n) is 14.6. The average molecular weight is 360 g/mol. The predicted octanol–water partition coefficient (Wildman–Crippen LogP) is 2.59. The molecule has 0 N–H and O–H groups in total. The van der Waals surface area contributed by atoms with E-state index in [4.69, 9.17) is 4.52 Å². The van der Waals surface area contributed by atoms with Gasteiger partial charge in [-0.1, -0.05) is 5.16 Å². The first-order valence-electron chi connectivity index (χ1n) is 8.27. The zero-order chi connectivity index (χ0) is 18.6. The van der Waals surface area contributed by atoms with E-state index >= 15 is 0 Å². The van der Waals surface area contributed by atoms with Crippen LogP contribution in [0.4, 0.5) is 0 Å². The highest BCUT2D eigenvalue weighted by atomic mass is 16.5. The van der Waals surface area contributed by atoms with Crippen molar-refractivity contribution in [2.75, 3.05) is 7.05 Å². The number of rotatable bonds is 5. The van der Waals surface area contributed by atoms with Gasteiger partial charge in [0.1, 0.15) is 0 Å². The van der Waals surface area contributed by atoms with Crippen LogP contribution in [0.3, 0.4) is 0 Å². The summed E-state index contributed by atoms with van der Waals surface area (Å²) < 4.78 is 7.12. The lowest BCUT2D eigenvalue weighted by molar-refractivity contribution is 0.0769. The summed E-state index contributed by atoms with van der Waals surface area (Å²) in [6, 6.07) is 10.9. The van der Waals surface area contributed by atoms with E-state index in [1.165, 1.54) is 4.90 Å².